The van der Waals surface area contributed by atoms with E-state index in [2.05, 4.69) is 11.5 Å². The molecule has 0 amide bonds. The minimum absolute atomic E-state index is 0. The van der Waals surface area contributed by atoms with Gasteiger partial charge in [0, 0.05) is 25.3 Å². The fraction of sp³-hybridized carbons (Fsp3) is 0.689. The molecule has 2 aromatic carbocycles. The number of hydrogen-bond donors (Lipinski definition) is 4. The maximum Gasteiger partial charge on any atom is 0.338 e. The third kappa shape index (κ3) is 60.4. The topological polar surface area (TPSA) is 184 Å². The highest BCUT2D eigenvalue weighted by atomic mass is 16.5. The third-order valence-electron chi connectivity index (χ3n) is 5.23. The summed E-state index contributed by atoms with van der Waals surface area (Å²) in [6.45, 7) is 9.81. The van der Waals surface area contributed by atoms with Gasteiger partial charge in [-0.2, -0.15) is 0 Å². The smallest absolute Gasteiger partial charge is 0.338 e. The Morgan fingerprint density at radius 3 is 1.05 bits per heavy atom. The van der Waals surface area contributed by atoms with Gasteiger partial charge in [-0.1, -0.05) is 126 Å². The Balaban J connectivity index is -0.0000000406. The van der Waals surface area contributed by atoms with Gasteiger partial charge >= 0.3 is 11.9 Å². The van der Waals surface area contributed by atoms with Crippen molar-refractivity contribution in [1.29, 1.82) is 0 Å². The predicted molar refractivity (Wildman–Crippen MR) is 257 cm³/mol. The monoisotopic (exact) mass is 815 g/mol. The highest BCUT2D eigenvalue weighted by Gasteiger charge is 2.07. The molecule has 348 valence electrons. The zero-order valence-corrected chi connectivity index (χ0v) is 27.5. The van der Waals surface area contributed by atoms with Gasteiger partial charge in [0.1, 0.15) is 0 Å². The zero-order chi connectivity index (χ0) is 33.4. The predicted octanol–water partition coefficient (Wildman–Crippen LogP) is 11.2. The van der Waals surface area contributed by atoms with E-state index in [1.807, 2.05) is 32.9 Å². The van der Waals surface area contributed by atoms with Gasteiger partial charge in [0.25, 0.3) is 0 Å². The molecule has 0 radical (unpaired) electrons. The van der Waals surface area contributed by atoms with Crippen molar-refractivity contribution in [2.45, 2.75) is 154 Å². The number of carbonyl (C=O) groups is 2. The number of nitrogens with two attached hydrogens (primary N) is 4. The number of hydrogen-bond acceptors (Lipinski definition) is 11. The lowest BCUT2D eigenvalue weighted by Gasteiger charge is -2.15. The van der Waals surface area contributed by atoms with Crippen LogP contribution in [-0.4, -0.2) is 90.5 Å². The largest absolute Gasteiger partial charge is 0.462 e. The van der Waals surface area contributed by atoms with Crippen LogP contribution >= 0.6 is 0 Å². The Morgan fingerprint density at radius 2 is 0.750 bits per heavy atom. The van der Waals surface area contributed by atoms with E-state index in [1.54, 1.807) is 48.5 Å². The second kappa shape index (κ2) is 70.0. The van der Waals surface area contributed by atoms with Crippen LogP contribution in [0.25, 0.3) is 0 Å². The van der Waals surface area contributed by atoms with Crippen molar-refractivity contribution in [2.24, 2.45) is 22.9 Å². The van der Waals surface area contributed by atoms with Crippen LogP contribution in [0.1, 0.15) is 156 Å². The molecule has 8 N–H and O–H groups in total. The van der Waals surface area contributed by atoms with Crippen LogP contribution in [0.15, 0.2) is 60.7 Å². The van der Waals surface area contributed by atoms with E-state index in [9.17, 15) is 9.59 Å². The molecule has 2 rings (SSSR count). The first kappa shape index (κ1) is 94.3. The molecule has 11 nitrogen and oxygen atoms in total. The molecule has 56 heavy (non-hydrogen) atoms. The standard InChI is InChI=1S/C18H18O4.C13H30N2O3.2CH5N.12CH4/c19-17(15-9-3-1-4-10-15)21-13-7-8-14-22-18(20)16-11-5-2-6-12-16;1-11(14)8-16-6-4-5-7-17-10-13(3)18-9-12(2)15;2*1-2;;;;;;;;;;;;/h1-6,9-12H,7-8,13-14H2;11-13H,4-10,14-15H2,1-3H3;2*2H2,1H3;12*1H4. The molecular weight excluding hydrogens is 709 g/mol. The van der Waals surface area contributed by atoms with Gasteiger partial charge < -0.3 is 46.6 Å². The van der Waals surface area contributed by atoms with E-state index in [0.717, 1.165) is 26.1 Å². The second-order valence-electron chi connectivity index (χ2n) is 9.67. The van der Waals surface area contributed by atoms with E-state index in [0.29, 0.717) is 57.0 Å². The van der Waals surface area contributed by atoms with Crippen LogP contribution in [0.3, 0.4) is 0 Å². The summed E-state index contributed by atoms with van der Waals surface area (Å²) in [6, 6.07) is 17.9. The lowest BCUT2D eigenvalue weighted by Crippen LogP contribution is -2.27. The molecule has 0 saturated heterocycles. The molecule has 0 heterocycles. The van der Waals surface area contributed by atoms with Crippen LogP contribution in [-0.2, 0) is 23.7 Å². The fourth-order valence-electron chi connectivity index (χ4n) is 3.14. The number of ether oxygens (including phenoxy) is 5. The first-order valence-corrected chi connectivity index (χ1v) is 15.2. The molecule has 0 aromatic heterocycles. The van der Waals surface area contributed by atoms with Gasteiger partial charge in [0.05, 0.1) is 50.3 Å². The Bertz CT molecular complexity index is 852. The fourth-order valence-corrected chi connectivity index (χ4v) is 3.14. The molecule has 0 aliphatic carbocycles. The van der Waals surface area contributed by atoms with Crippen molar-refractivity contribution in [3.05, 3.63) is 71.8 Å². The summed E-state index contributed by atoms with van der Waals surface area (Å²) in [4.78, 5) is 23.3. The Kier molecular flexibility index (Phi) is 118. The van der Waals surface area contributed by atoms with Gasteiger partial charge in [-0.25, -0.2) is 9.59 Å². The molecule has 0 aliphatic heterocycles. The van der Waals surface area contributed by atoms with Gasteiger partial charge in [0.15, 0.2) is 0 Å². The second-order valence-corrected chi connectivity index (χ2v) is 9.67. The quantitative estimate of drug-likeness (QED) is 0.0781. The highest BCUT2D eigenvalue weighted by molar-refractivity contribution is 5.89. The summed E-state index contributed by atoms with van der Waals surface area (Å²) in [5.41, 5.74) is 21.2. The normalized spacial score (nSPS) is 9.45. The zero-order valence-electron chi connectivity index (χ0n) is 27.5. The third-order valence-corrected chi connectivity index (χ3v) is 5.23. The van der Waals surface area contributed by atoms with Crippen molar-refractivity contribution < 1.29 is 33.3 Å². The minimum Gasteiger partial charge on any atom is -0.462 e. The number of benzene rings is 2. The first-order chi connectivity index (χ1) is 21.3. The van der Waals surface area contributed by atoms with Crippen LogP contribution < -0.4 is 22.9 Å². The molecule has 0 aliphatic rings. The van der Waals surface area contributed by atoms with Crippen molar-refractivity contribution >= 4 is 11.9 Å². The SMILES string of the molecule is C.C.C.C.C.C.C.C.C.C.C.C.CC(N)COCCCCOCC(C)OCC(C)N.CN.CN.O=C(OCCCCOC(=O)c1ccccc1)c1ccccc1. The van der Waals surface area contributed by atoms with Crippen LogP contribution in [0, 0.1) is 0 Å². The Labute approximate surface area is 353 Å². The summed E-state index contributed by atoms with van der Waals surface area (Å²) < 4.78 is 26.6. The Morgan fingerprint density at radius 1 is 0.464 bits per heavy atom. The molecule has 3 unspecified atom stereocenters. The lowest BCUT2D eigenvalue weighted by molar-refractivity contribution is -0.0118. The first-order valence-electron chi connectivity index (χ1n) is 15.2. The summed E-state index contributed by atoms with van der Waals surface area (Å²) >= 11 is 0. The summed E-state index contributed by atoms with van der Waals surface area (Å²) in [5.74, 6) is -0.663. The van der Waals surface area contributed by atoms with E-state index in [1.165, 1.54) is 14.1 Å². The molecular formula is C45H106N4O7. The lowest BCUT2D eigenvalue weighted by atomic mass is 10.2. The van der Waals surface area contributed by atoms with E-state index in [4.69, 9.17) is 35.2 Å². The number of unbranched alkanes of at least 4 members (excludes halogenated alkanes) is 2. The highest BCUT2D eigenvalue weighted by Crippen LogP contribution is 2.04. The maximum absolute atomic E-state index is 11.7. The van der Waals surface area contributed by atoms with Gasteiger partial charge in [-0.15, -0.1) is 0 Å². The number of rotatable bonds is 19. The molecule has 0 bridgehead atoms. The summed E-state index contributed by atoms with van der Waals surface area (Å²) in [7, 11) is 3.00. The van der Waals surface area contributed by atoms with Crippen molar-refractivity contribution in [2.75, 3.05) is 60.3 Å². The number of carbonyl (C=O) groups excluding carboxylic acids is 2. The van der Waals surface area contributed by atoms with Gasteiger partial charge in [-0.05, 0) is 84.8 Å². The minimum atomic E-state index is -0.332. The van der Waals surface area contributed by atoms with Gasteiger partial charge in [0.2, 0.25) is 0 Å². The molecule has 11 heteroatoms. The molecule has 2 aromatic rings. The van der Waals surface area contributed by atoms with Gasteiger partial charge in [-0.3, -0.25) is 0 Å². The summed E-state index contributed by atoms with van der Waals surface area (Å²) in [6.07, 6.45) is 3.41. The molecule has 0 spiro atoms. The van der Waals surface area contributed by atoms with Crippen molar-refractivity contribution in [1.82, 2.24) is 0 Å². The average Bonchev–Trinajstić information content (AvgIpc) is 3.05. The molecule has 3 atom stereocenters. The van der Waals surface area contributed by atoms with Crippen LogP contribution in [0.5, 0.6) is 0 Å². The van der Waals surface area contributed by atoms with Crippen LogP contribution in [0.4, 0.5) is 0 Å². The van der Waals surface area contributed by atoms with Crippen LogP contribution in [0.2, 0.25) is 0 Å². The summed E-state index contributed by atoms with van der Waals surface area (Å²) in [5, 5.41) is 0. The Hall–Kier alpha value is -2.90. The molecule has 0 saturated carbocycles. The van der Waals surface area contributed by atoms with E-state index < -0.39 is 0 Å². The number of esters is 2. The molecule has 0 fully saturated rings. The maximum atomic E-state index is 11.7. The van der Waals surface area contributed by atoms with Crippen molar-refractivity contribution in [3.8, 4) is 0 Å². The average molecular weight is 815 g/mol. The van der Waals surface area contributed by atoms with E-state index in [-0.39, 0.29) is 119 Å². The van der Waals surface area contributed by atoms with E-state index >= 15 is 0 Å². The van der Waals surface area contributed by atoms with Crippen molar-refractivity contribution in [3.63, 3.8) is 0 Å².